The lowest BCUT2D eigenvalue weighted by Gasteiger charge is -2.42. The summed E-state index contributed by atoms with van der Waals surface area (Å²) in [5.74, 6) is 1.07. The van der Waals surface area contributed by atoms with Crippen LogP contribution >= 0.6 is 11.8 Å². The van der Waals surface area contributed by atoms with Gasteiger partial charge in [-0.15, -0.1) is 0 Å². The summed E-state index contributed by atoms with van der Waals surface area (Å²) in [5, 5.41) is 13.2. The molecule has 1 aromatic carbocycles. The first-order chi connectivity index (χ1) is 19.6. The van der Waals surface area contributed by atoms with Gasteiger partial charge in [0.2, 0.25) is 5.91 Å². The predicted octanol–water partition coefficient (Wildman–Crippen LogP) is 4.51. The van der Waals surface area contributed by atoms with Crippen molar-refractivity contribution in [2.75, 3.05) is 61.8 Å². The molecule has 2 aliphatic heterocycles. The topological polar surface area (TPSA) is 105 Å². The average molecular weight is 590 g/mol. The number of hydrogen-bond donors (Lipinski definition) is 3. The third kappa shape index (κ3) is 8.33. The normalized spacial score (nSPS) is 17.5. The summed E-state index contributed by atoms with van der Waals surface area (Å²) in [5.41, 5.74) is 1.14. The number of benzene rings is 1. The highest BCUT2D eigenvalue weighted by molar-refractivity contribution is 7.99. The predicted molar refractivity (Wildman–Crippen MR) is 153 cm³/mol. The molecule has 0 radical (unpaired) electrons. The van der Waals surface area contributed by atoms with Crippen LogP contribution in [0.4, 0.5) is 36.3 Å². The number of carbonyl (C=O) groups excluding carboxylic acids is 1. The molecule has 0 atom stereocenters. The minimum atomic E-state index is -4.55. The molecule has 2 saturated heterocycles. The summed E-state index contributed by atoms with van der Waals surface area (Å²) in [6.07, 6.45) is -3.94. The third-order valence-electron chi connectivity index (χ3n) is 7.21. The van der Waals surface area contributed by atoms with Crippen molar-refractivity contribution >= 4 is 40.8 Å². The van der Waals surface area contributed by atoms with Crippen molar-refractivity contribution in [3.8, 4) is 0 Å². The van der Waals surface area contributed by atoms with E-state index >= 15 is 0 Å². The minimum Gasteiger partial charge on any atom is -0.356 e. The number of carbonyl (C=O) groups is 1. The van der Waals surface area contributed by atoms with Crippen LogP contribution in [0.25, 0.3) is 0 Å². The Bertz CT molecular complexity index is 1320. The molecule has 220 valence electrons. The van der Waals surface area contributed by atoms with Gasteiger partial charge in [-0.1, -0.05) is 0 Å². The van der Waals surface area contributed by atoms with Crippen molar-refractivity contribution in [1.82, 2.24) is 30.0 Å². The van der Waals surface area contributed by atoms with E-state index in [9.17, 15) is 18.0 Å². The number of H-pyrrole nitrogens is 1. The van der Waals surface area contributed by atoms with Crippen LogP contribution in [0.5, 0.6) is 0 Å². The Morgan fingerprint density at radius 3 is 2.39 bits per heavy atom. The number of amides is 1. The van der Waals surface area contributed by atoms with E-state index in [0.29, 0.717) is 22.7 Å². The number of aromatic amines is 1. The summed E-state index contributed by atoms with van der Waals surface area (Å²) in [4.78, 5) is 29.2. The van der Waals surface area contributed by atoms with Crippen molar-refractivity contribution < 1.29 is 18.0 Å². The van der Waals surface area contributed by atoms with Crippen LogP contribution in [0.3, 0.4) is 0 Å². The highest BCUT2D eigenvalue weighted by Crippen LogP contribution is 2.31. The smallest absolute Gasteiger partial charge is 0.356 e. The number of aromatic nitrogens is 4. The fourth-order valence-electron chi connectivity index (χ4n) is 5.05. The van der Waals surface area contributed by atoms with Crippen LogP contribution in [0.2, 0.25) is 0 Å². The van der Waals surface area contributed by atoms with E-state index in [-0.39, 0.29) is 0 Å². The number of aryl methyl sites for hydroxylation is 1. The molecule has 0 aliphatic carbocycles. The van der Waals surface area contributed by atoms with Crippen molar-refractivity contribution in [3.63, 3.8) is 0 Å². The van der Waals surface area contributed by atoms with E-state index in [4.69, 9.17) is 9.97 Å². The number of alkyl halides is 3. The Morgan fingerprint density at radius 1 is 1.05 bits per heavy atom. The van der Waals surface area contributed by atoms with Crippen molar-refractivity contribution in [2.24, 2.45) is 0 Å². The van der Waals surface area contributed by atoms with Gasteiger partial charge in [-0.2, -0.15) is 18.3 Å². The molecule has 0 saturated carbocycles. The monoisotopic (exact) mass is 589 g/mol. The molecule has 1 amide bonds. The number of piperidine rings is 1. The first-order valence-corrected chi connectivity index (χ1v) is 14.4. The Morgan fingerprint density at radius 2 is 1.76 bits per heavy atom. The Hall–Kier alpha value is -3.36. The molecule has 0 unspecified atom stereocenters. The second kappa shape index (κ2) is 12.7. The average Bonchev–Trinajstić information content (AvgIpc) is 3.33. The fraction of sp³-hybridized carbons (Fsp3) is 0.481. The van der Waals surface area contributed by atoms with Gasteiger partial charge in [-0.05, 0) is 62.8 Å². The highest BCUT2D eigenvalue weighted by atomic mass is 32.2. The maximum Gasteiger partial charge on any atom is 0.397 e. The zero-order chi connectivity index (χ0) is 29.0. The van der Waals surface area contributed by atoms with Crippen LogP contribution < -0.4 is 15.5 Å². The summed E-state index contributed by atoms with van der Waals surface area (Å²) < 4.78 is 37.4. The van der Waals surface area contributed by atoms with Gasteiger partial charge < -0.3 is 20.4 Å². The lowest BCUT2D eigenvalue weighted by molar-refractivity contribution is -0.150. The van der Waals surface area contributed by atoms with Crippen molar-refractivity contribution in [2.45, 2.75) is 48.5 Å². The van der Waals surface area contributed by atoms with Crippen LogP contribution in [0.15, 0.2) is 46.5 Å². The van der Waals surface area contributed by atoms with Gasteiger partial charge in [0.15, 0.2) is 5.16 Å². The Balaban J connectivity index is 1.28. The van der Waals surface area contributed by atoms with Crippen LogP contribution in [0, 0.1) is 6.92 Å². The van der Waals surface area contributed by atoms with E-state index in [2.05, 4.69) is 42.6 Å². The second-order valence-electron chi connectivity index (χ2n) is 10.5. The van der Waals surface area contributed by atoms with E-state index in [1.807, 2.05) is 19.1 Å². The van der Waals surface area contributed by atoms with E-state index in [1.54, 1.807) is 24.3 Å². The SMILES string of the molecule is Cc1cc(Nc2cc(N3CCC(N4CCN(C)CC4)CC3)nc(Sc3ccc(NC(=O)CC(F)(F)F)cc3)n2)[nH]n1. The summed E-state index contributed by atoms with van der Waals surface area (Å²) in [6, 6.07) is 11.0. The molecule has 0 spiro atoms. The van der Waals surface area contributed by atoms with Gasteiger partial charge >= 0.3 is 6.18 Å². The quantitative estimate of drug-likeness (QED) is 0.328. The largest absolute Gasteiger partial charge is 0.397 e. The molecule has 14 heteroatoms. The van der Waals surface area contributed by atoms with Gasteiger partial charge in [0, 0.05) is 68.0 Å². The zero-order valence-corrected chi connectivity index (χ0v) is 23.9. The number of rotatable bonds is 8. The number of likely N-dealkylation sites (N-methyl/N-ethyl adjacent to an activating group) is 1. The molecule has 10 nitrogen and oxygen atoms in total. The van der Waals surface area contributed by atoms with E-state index in [0.717, 1.165) is 74.3 Å². The molecule has 0 bridgehead atoms. The summed E-state index contributed by atoms with van der Waals surface area (Å²) in [6.45, 7) is 8.12. The third-order valence-corrected chi connectivity index (χ3v) is 8.08. The molecular weight excluding hydrogens is 555 g/mol. The molecule has 5 rings (SSSR count). The minimum absolute atomic E-state index is 0.290. The van der Waals surface area contributed by atoms with Crippen LogP contribution in [-0.2, 0) is 4.79 Å². The number of anilines is 4. The number of piperazine rings is 1. The molecule has 3 N–H and O–H groups in total. The lowest BCUT2D eigenvalue weighted by atomic mass is 10.0. The standard InChI is InChI=1S/C27H34F3N9OS/c1-18-15-23(36-35-18)32-22-16-24(39-9-7-20(8-10-39)38-13-11-37(2)12-14-38)34-26(33-22)41-21-5-3-19(4-6-21)31-25(40)17-27(28,29)30/h3-6,15-16,20H,7-14,17H2,1-2H3,(H,31,40)(H2,32,33,34,35,36). The van der Waals surface area contributed by atoms with Gasteiger partial charge in [-0.25, -0.2) is 9.97 Å². The van der Waals surface area contributed by atoms with Crippen molar-refractivity contribution in [1.29, 1.82) is 0 Å². The fourth-order valence-corrected chi connectivity index (χ4v) is 5.82. The van der Waals surface area contributed by atoms with Crippen LogP contribution in [0.1, 0.15) is 25.0 Å². The lowest BCUT2D eigenvalue weighted by Crippen LogP contribution is -2.52. The molecule has 2 aromatic heterocycles. The molecule has 3 aromatic rings. The van der Waals surface area contributed by atoms with E-state index in [1.165, 1.54) is 11.8 Å². The molecular formula is C27H34F3N9OS. The number of hydrogen-bond acceptors (Lipinski definition) is 9. The maximum absolute atomic E-state index is 12.5. The van der Waals surface area contributed by atoms with E-state index < -0.39 is 18.5 Å². The number of nitrogens with zero attached hydrogens (tertiary/aromatic N) is 6. The summed E-state index contributed by atoms with van der Waals surface area (Å²) >= 11 is 1.34. The van der Waals surface area contributed by atoms with Crippen LogP contribution in [-0.4, -0.2) is 94.4 Å². The molecule has 2 fully saturated rings. The summed E-state index contributed by atoms with van der Waals surface area (Å²) in [7, 11) is 2.17. The molecule has 2 aliphatic rings. The Labute approximate surface area is 241 Å². The van der Waals surface area contributed by atoms with Gasteiger partial charge in [0.25, 0.3) is 0 Å². The zero-order valence-electron chi connectivity index (χ0n) is 23.0. The van der Waals surface area contributed by atoms with Gasteiger partial charge in [0.05, 0.1) is 5.69 Å². The number of halogens is 3. The highest BCUT2D eigenvalue weighted by Gasteiger charge is 2.31. The van der Waals surface area contributed by atoms with Gasteiger partial charge in [0.1, 0.15) is 23.9 Å². The van der Waals surface area contributed by atoms with Gasteiger partial charge in [-0.3, -0.25) is 14.8 Å². The maximum atomic E-state index is 12.5. The molecule has 4 heterocycles. The Kier molecular flexibility index (Phi) is 9.00. The van der Waals surface area contributed by atoms with Crippen molar-refractivity contribution in [3.05, 3.63) is 42.1 Å². The first-order valence-electron chi connectivity index (χ1n) is 13.6. The molecule has 41 heavy (non-hydrogen) atoms. The number of nitrogens with one attached hydrogen (secondary N) is 3. The first kappa shape index (κ1) is 29.1. The second-order valence-corrected chi connectivity index (χ2v) is 11.5.